The van der Waals surface area contributed by atoms with Gasteiger partial charge in [-0.15, -0.1) is 0 Å². The Hall–Kier alpha value is -1.13. The number of benzene rings is 1. The van der Waals surface area contributed by atoms with Crippen LogP contribution < -0.4 is 5.32 Å². The second-order valence-electron chi connectivity index (χ2n) is 4.27. The molecule has 0 spiro atoms. The molecule has 0 unspecified atom stereocenters. The third-order valence-electron chi connectivity index (χ3n) is 2.88. The molecule has 0 aliphatic carbocycles. The van der Waals surface area contributed by atoms with Gasteiger partial charge in [0.15, 0.2) is 0 Å². The van der Waals surface area contributed by atoms with Gasteiger partial charge in [0.1, 0.15) is 5.82 Å². The smallest absolute Gasteiger partial charge is 0.223 e. The summed E-state index contributed by atoms with van der Waals surface area (Å²) < 4.78 is 13.1. The second kappa shape index (κ2) is 8.12. The van der Waals surface area contributed by atoms with Crippen molar-refractivity contribution < 1.29 is 9.18 Å². The third-order valence-corrected chi connectivity index (χ3v) is 3.10. The maximum absolute atomic E-state index is 13.1. The van der Waals surface area contributed by atoms with E-state index in [1.807, 2.05) is 13.8 Å². The standard InChI is InChI=1S/C14H20ClFN2O/c1-3-18(4-2)14(19)5-6-17-10-11-7-12(15)9-13(16)8-11/h7-9,17H,3-6,10H2,1-2H3. The van der Waals surface area contributed by atoms with Crippen LogP contribution >= 0.6 is 11.6 Å². The van der Waals surface area contributed by atoms with Crippen molar-refractivity contribution in [1.82, 2.24) is 10.2 Å². The molecule has 0 aliphatic heterocycles. The molecule has 0 fully saturated rings. The van der Waals surface area contributed by atoms with Crippen LogP contribution in [0.15, 0.2) is 18.2 Å². The summed E-state index contributed by atoms with van der Waals surface area (Å²) in [6, 6.07) is 4.42. The van der Waals surface area contributed by atoms with E-state index >= 15 is 0 Å². The van der Waals surface area contributed by atoms with E-state index in [0.717, 1.165) is 18.7 Å². The summed E-state index contributed by atoms with van der Waals surface area (Å²) in [6.07, 6.45) is 0.449. The van der Waals surface area contributed by atoms with Gasteiger partial charge in [-0.3, -0.25) is 4.79 Å². The molecule has 106 valence electrons. The van der Waals surface area contributed by atoms with Crippen LogP contribution in [0.25, 0.3) is 0 Å². The van der Waals surface area contributed by atoms with E-state index in [2.05, 4.69) is 5.32 Å². The minimum atomic E-state index is -0.344. The van der Waals surface area contributed by atoms with Crippen molar-refractivity contribution in [3.63, 3.8) is 0 Å². The van der Waals surface area contributed by atoms with Crippen LogP contribution in [0.4, 0.5) is 4.39 Å². The minimum Gasteiger partial charge on any atom is -0.343 e. The zero-order valence-corrected chi connectivity index (χ0v) is 12.1. The summed E-state index contributed by atoms with van der Waals surface area (Å²) >= 11 is 5.76. The predicted octanol–water partition coefficient (Wildman–Crippen LogP) is 2.83. The molecule has 1 aromatic rings. The number of nitrogens with one attached hydrogen (secondary N) is 1. The number of rotatable bonds is 7. The highest BCUT2D eigenvalue weighted by Gasteiger charge is 2.08. The molecule has 1 aromatic carbocycles. The van der Waals surface area contributed by atoms with Gasteiger partial charge < -0.3 is 10.2 Å². The number of carbonyl (C=O) groups excluding carboxylic acids is 1. The first-order valence-electron chi connectivity index (χ1n) is 6.50. The summed E-state index contributed by atoms with van der Waals surface area (Å²) in [5.41, 5.74) is 0.778. The third kappa shape index (κ3) is 5.57. The Bertz CT molecular complexity index is 402. The molecule has 1 rings (SSSR count). The molecule has 0 heterocycles. The van der Waals surface area contributed by atoms with Gasteiger partial charge in [0.2, 0.25) is 5.91 Å². The van der Waals surface area contributed by atoms with E-state index in [1.54, 1.807) is 11.0 Å². The predicted molar refractivity (Wildman–Crippen MR) is 75.7 cm³/mol. The van der Waals surface area contributed by atoms with E-state index < -0.39 is 0 Å². The molecular formula is C14H20ClFN2O. The van der Waals surface area contributed by atoms with Crippen molar-refractivity contribution in [1.29, 1.82) is 0 Å². The fourth-order valence-electron chi connectivity index (χ4n) is 1.88. The van der Waals surface area contributed by atoms with Gasteiger partial charge in [0.25, 0.3) is 0 Å². The molecule has 3 nitrogen and oxygen atoms in total. The van der Waals surface area contributed by atoms with Crippen molar-refractivity contribution >= 4 is 17.5 Å². The first-order chi connectivity index (χ1) is 9.06. The average Bonchev–Trinajstić information content (AvgIpc) is 2.35. The Balaban J connectivity index is 2.32. The molecule has 0 aliphatic rings. The van der Waals surface area contributed by atoms with Crippen molar-refractivity contribution in [3.8, 4) is 0 Å². The highest BCUT2D eigenvalue weighted by molar-refractivity contribution is 6.30. The lowest BCUT2D eigenvalue weighted by atomic mass is 10.2. The van der Waals surface area contributed by atoms with Gasteiger partial charge in [0.05, 0.1) is 0 Å². The van der Waals surface area contributed by atoms with E-state index in [4.69, 9.17) is 11.6 Å². The van der Waals surface area contributed by atoms with Gasteiger partial charge in [-0.25, -0.2) is 4.39 Å². The van der Waals surface area contributed by atoms with Crippen molar-refractivity contribution in [2.45, 2.75) is 26.8 Å². The quantitative estimate of drug-likeness (QED) is 0.782. The fourth-order valence-corrected chi connectivity index (χ4v) is 2.12. The van der Waals surface area contributed by atoms with Gasteiger partial charge in [0, 0.05) is 37.6 Å². The summed E-state index contributed by atoms with van der Waals surface area (Å²) in [4.78, 5) is 13.5. The van der Waals surface area contributed by atoms with Crippen LogP contribution in [0.3, 0.4) is 0 Å². The highest BCUT2D eigenvalue weighted by atomic mass is 35.5. The van der Waals surface area contributed by atoms with Crippen molar-refractivity contribution in [2.24, 2.45) is 0 Å². The number of hydrogen-bond acceptors (Lipinski definition) is 2. The van der Waals surface area contributed by atoms with E-state index in [1.165, 1.54) is 12.1 Å². The van der Waals surface area contributed by atoms with Crippen LogP contribution in [0.2, 0.25) is 5.02 Å². The molecule has 0 radical (unpaired) electrons. The summed E-state index contributed by atoms with van der Waals surface area (Å²) in [6.45, 7) is 6.46. The normalized spacial score (nSPS) is 10.5. The lowest BCUT2D eigenvalue weighted by molar-refractivity contribution is -0.130. The van der Waals surface area contributed by atoms with E-state index in [0.29, 0.717) is 24.5 Å². The second-order valence-corrected chi connectivity index (χ2v) is 4.71. The van der Waals surface area contributed by atoms with Crippen molar-refractivity contribution in [2.75, 3.05) is 19.6 Å². The molecule has 19 heavy (non-hydrogen) atoms. The lowest BCUT2D eigenvalue weighted by Crippen LogP contribution is -2.32. The molecule has 5 heteroatoms. The van der Waals surface area contributed by atoms with E-state index in [9.17, 15) is 9.18 Å². The number of hydrogen-bond donors (Lipinski definition) is 1. The molecule has 0 aromatic heterocycles. The molecule has 1 amide bonds. The Morgan fingerprint density at radius 1 is 1.32 bits per heavy atom. The molecular weight excluding hydrogens is 267 g/mol. The highest BCUT2D eigenvalue weighted by Crippen LogP contribution is 2.13. The monoisotopic (exact) mass is 286 g/mol. The summed E-state index contributed by atoms with van der Waals surface area (Å²) in [7, 11) is 0. The van der Waals surface area contributed by atoms with Crippen LogP contribution in [-0.4, -0.2) is 30.4 Å². The Kier molecular flexibility index (Phi) is 6.81. The lowest BCUT2D eigenvalue weighted by Gasteiger charge is -2.18. The van der Waals surface area contributed by atoms with Gasteiger partial charge in [-0.1, -0.05) is 11.6 Å². The number of halogens is 2. The Labute approximate surface area is 118 Å². The topological polar surface area (TPSA) is 32.3 Å². The fraction of sp³-hybridized carbons (Fsp3) is 0.500. The molecule has 0 saturated carbocycles. The van der Waals surface area contributed by atoms with Gasteiger partial charge >= 0.3 is 0 Å². The Morgan fingerprint density at radius 3 is 2.58 bits per heavy atom. The average molecular weight is 287 g/mol. The van der Waals surface area contributed by atoms with Crippen molar-refractivity contribution in [3.05, 3.63) is 34.6 Å². The first-order valence-corrected chi connectivity index (χ1v) is 6.88. The minimum absolute atomic E-state index is 0.134. The molecule has 0 bridgehead atoms. The number of nitrogens with zero attached hydrogens (tertiary/aromatic N) is 1. The Morgan fingerprint density at radius 2 is 2.00 bits per heavy atom. The first kappa shape index (κ1) is 15.9. The zero-order chi connectivity index (χ0) is 14.3. The maximum Gasteiger partial charge on any atom is 0.223 e. The van der Waals surface area contributed by atoms with Gasteiger partial charge in [-0.2, -0.15) is 0 Å². The zero-order valence-electron chi connectivity index (χ0n) is 11.4. The summed E-state index contributed by atoms with van der Waals surface area (Å²) in [5.74, 6) is -0.210. The van der Waals surface area contributed by atoms with E-state index in [-0.39, 0.29) is 11.7 Å². The number of carbonyl (C=O) groups is 1. The van der Waals surface area contributed by atoms with Gasteiger partial charge in [-0.05, 0) is 37.6 Å². The maximum atomic E-state index is 13.1. The van der Waals surface area contributed by atoms with Crippen LogP contribution in [-0.2, 0) is 11.3 Å². The molecule has 0 atom stereocenters. The van der Waals surface area contributed by atoms with Crippen LogP contribution in [0.5, 0.6) is 0 Å². The number of amides is 1. The largest absolute Gasteiger partial charge is 0.343 e. The van der Waals surface area contributed by atoms with Crippen LogP contribution in [0, 0.1) is 5.82 Å². The van der Waals surface area contributed by atoms with Crippen LogP contribution in [0.1, 0.15) is 25.8 Å². The molecule has 0 saturated heterocycles. The SMILES string of the molecule is CCN(CC)C(=O)CCNCc1cc(F)cc(Cl)c1. The molecule has 1 N–H and O–H groups in total. The summed E-state index contributed by atoms with van der Waals surface area (Å²) in [5, 5.41) is 3.50.